The van der Waals surface area contributed by atoms with E-state index in [1.54, 1.807) is 24.3 Å². The van der Waals surface area contributed by atoms with Crippen LogP contribution < -0.4 is 16.0 Å². The van der Waals surface area contributed by atoms with E-state index < -0.39 is 5.41 Å². The predicted molar refractivity (Wildman–Crippen MR) is 98.3 cm³/mol. The molecule has 0 aliphatic carbocycles. The number of nitrogens with one attached hydrogen (secondary N) is 3. The Morgan fingerprint density at radius 1 is 1.04 bits per heavy atom. The summed E-state index contributed by atoms with van der Waals surface area (Å²) in [5.74, 6) is 0.168. The highest BCUT2D eigenvalue weighted by Gasteiger charge is 2.21. The first kappa shape index (κ1) is 19.1. The van der Waals surface area contributed by atoms with Crippen molar-refractivity contribution in [2.24, 2.45) is 11.3 Å². The second kappa shape index (κ2) is 8.06. The van der Waals surface area contributed by atoms with Gasteiger partial charge in [-0.2, -0.15) is 0 Å². The Morgan fingerprint density at radius 2 is 1.52 bits per heavy atom. The first-order chi connectivity index (χ1) is 10.6. The molecule has 0 spiro atoms. The predicted octanol–water partition coefficient (Wildman–Crippen LogP) is 3.53. The highest BCUT2D eigenvalue weighted by Crippen LogP contribution is 2.15. The second-order valence-corrected chi connectivity index (χ2v) is 7.29. The standard InChI is InChI=1S/C17H25N3O2S/c1-11(2)10-14(21)18-12-6-8-13(9-7-12)19-16(23)20-15(22)17(3,4)5/h6-9,11H,10H2,1-5H3,(H,18,21)(H2,19,20,22,23). The summed E-state index contributed by atoms with van der Waals surface area (Å²) >= 11 is 5.12. The molecule has 1 aromatic carbocycles. The van der Waals surface area contributed by atoms with Gasteiger partial charge in [-0.1, -0.05) is 34.6 Å². The maximum atomic E-state index is 11.8. The van der Waals surface area contributed by atoms with E-state index in [4.69, 9.17) is 12.2 Å². The third-order valence-electron chi connectivity index (χ3n) is 2.93. The number of rotatable bonds is 4. The molecule has 23 heavy (non-hydrogen) atoms. The van der Waals surface area contributed by atoms with Crippen LogP contribution in [0.15, 0.2) is 24.3 Å². The summed E-state index contributed by atoms with van der Waals surface area (Å²) in [5, 5.41) is 8.68. The monoisotopic (exact) mass is 335 g/mol. The van der Waals surface area contributed by atoms with Gasteiger partial charge in [0.05, 0.1) is 0 Å². The van der Waals surface area contributed by atoms with Gasteiger partial charge >= 0.3 is 0 Å². The number of amides is 2. The van der Waals surface area contributed by atoms with Crippen molar-refractivity contribution in [3.05, 3.63) is 24.3 Å². The lowest BCUT2D eigenvalue weighted by Gasteiger charge is -2.18. The van der Waals surface area contributed by atoms with Crippen molar-refractivity contribution in [1.82, 2.24) is 5.32 Å². The van der Waals surface area contributed by atoms with Crippen LogP contribution in [-0.2, 0) is 9.59 Å². The molecule has 0 fully saturated rings. The van der Waals surface area contributed by atoms with Gasteiger partial charge in [0.15, 0.2) is 5.11 Å². The molecule has 0 atom stereocenters. The lowest BCUT2D eigenvalue weighted by molar-refractivity contribution is -0.126. The fourth-order valence-electron chi connectivity index (χ4n) is 1.67. The average Bonchev–Trinajstić information content (AvgIpc) is 2.38. The molecule has 0 radical (unpaired) electrons. The van der Waals surface area contributed by atoms with Crippen LogP contribution in [0, 0.1) is 11.3 Å². The zero-order valence-electron chi connectivity index (χ0n) is 14.3. The number of hydrogen-bond donors (Lipinski definition) is 3. The normalized spacial score (nSPS) is 11.0. The number of carbonyl (C=O) groups is 2. The van der Waals surface area contributed by atoms with Crippen LogP contribution in [0.1, 0.15) is 41.0 Å². The third kappa shape index (κ3) is 7.23. The molecule has 0 unspecified atom stereocenters. The molecule has 0 saturated carbocycles. The van der Waals surface area contributed by atoms with E-state index in [2.05, 4.69) is 16.0 Å². The lowest BCUT2D eigenvalue weighted by atomic mass is 9.96. The zero-order chi connectivity index (χ0) is 17.6. The van der Waals surface area contributed by atoms with Gasteiger partial charge < -0.3 is 16.0 Å². The van der Waals surface area contributed by atoms with Crippen molar-refractivity contribution in [3.8, 4) is 0 Å². The Kier molecular flexibility index (Phi) is 6.69. The zero-order valence-corrected chi connectivity index (χ0v) is 15.1. The molecule has 0 aliphatic rings. The van der Waals surface area contributed by atoms with Crippen molar-refractivity contribution < 1.29 is 9.59 Å². The summed E-state index contributed by atoms with van der Waals surface area (Å²) in [5.41, 5.74) is 0.966. The maximum Gasteiger partial charge on any atom is 0.231 e. The molecular weight excluding hydrogens is 310 g/mol. The van der Waals surface area contributed by atoms with Gasteiger partial charge in [-0.3, -0.25) is 9.59 Å². The van der Waals surface area contributed by atoms with Crippen molar-refractivity contribution in [3.63, 3.8) is 0 Å². The fraction of sp³-hybridized carbons (Fsp3) is 0.471. The van der Waals surface area contributed by atoms with Crippen LogP contribution in [0.3, 0.4) is 0 Å². The van der Waals surface area contributed by atoms with E-state index in [1.165, 1.54) is 0 Å². The van der Waals surface area contributed by atoms with Crippen LogP contribution in [-0.4, -0.2) is 16.9 Å². The average molecular weight is 335 g/mol. The Balaban J connectivity index is 2.55. The Bertz CT molecular complexity index is 574. The van der Waals surface area contributed by atoms with Crippen molar-refractivity contribution in [1.29, 1.82) is 0 Å². The van der Waals surface area contributed by atoms with E-state index in [0.717, 1.165) is 11.4 Å². The quantitative estimate of drug-likeness (QED) is 0.736. The molecule has 0 aliphatic heterocycles. The van der Waals surface area contributed by atoms with Gasteiger partial charge in [0.1, 0.15) is 0 Å². The number of anilines is 2. The molecule has 1 aromatic rings. The number of carbonyl (C=O) groups excluding carboxylic acids is 2. The minimum Gasteiger partial charge on any atom is -0.332 e. The minimum absolute atomic E-state index is 0.00586. The summed E-state index contributed by atoms with van der Waals surface area (Å²) < 4.78 is 0. The second-order valence-electron chi connectivity index (χ2n) is 6.88. The maximum absolute atomic E-state index is 11.8. The summed E-state index contributed by atoms with van der Waals surface area (Å²) in [6, 6.07) is 7.16. The summed E-state index contributed by atoms with van der Waals surface area (Å²) in [6.45, 7) is 9.46. The van der Waals surface area contributed by atoms with Gasteiger partial charge in [-0.15, -0.1) is 0 Å². The van der Waals surface area contributed by atoms with Crippen molar-refractivity contribution in [2.75, 3.05) is 10.6 Å². The molecule has 6 heteroatoms. The fourth-order valence-corrected chi connectivity index (χ4v) is 1.88. The summed E-state index contributed by atoms with van der Waals surface area (Å²) in [6.07, 6.45) is 0.489. The Hall–Kier alpha value is -1.95. The molecule has 5 nitrogen and oxygen atoms in total. The summed E-state index contributed by atoms with van der Waals surface area (Å²) in [7, 11) is 0. The van der Waals surface area contributed by atoms with E-state index in [9.17, 15) is 9.59 Å². The van der Waals surface area contributed by atoms with E-state index >= 15 is 0 Å². The molecule has 2 amide bonds. The van der Waals surface area contributed by atoms with Gasteiger partial charge in [-0.05, 0) is 42.4 Å². The van der Waals surface area contributed by atoms with Crippen LogP contribution in [0.4, 0.5) is 11.4 Å². The van der Waals surface area contributed by atoms with Gasteiger partial charge in [0.2, 0.25) is 11.8 Å². The van der Waals surface area contributed by atoms with Crippen LogP contribution in [0.25, 0.3) is 0 Å². The topological polar surface area (TPSA) is 70.2 Å². The first-order valence-corrected chi connectivity index (χ1v) is 8.01. The highest BCUT2D eigenvalue weighted by molar-refractivity contribution is 7.80. The summed E-state index contributed by atoms with van der Waals surface area (Å²) in [4.78, 5) is 23.5. The number of hydrogen-bond acceptors (Lipinski definition) is 3. The Morgan fingerprint density at radius 3 is 1.96 bits per heavy atom. The SMILES string of the molecule is CC(C)CC(=O)Nc1ccc(NC(=S)NC(=O)C(C)(C)C)cc1. The van der Waals surface area contributed by atoms with Crippen LogP contribution >= 0.6 is 12.2 Å². The molecule has 0 aromatic heterocycles. The van der Waals surface area contributed by atoms with Gasteiger partial charge in [0.25, 0.3) is 0 Å². The van der Waals surface area contributed by atoms with Crippen LogP contribution in [0.5, 0.6) is 0 Å². The van der Waals surface area contributed by atoms with E-state index in [-0.39, 0.29) is 16.9 Å². The van der Waals surface area contributed by atoms with E-state index in [0.29, 0.717) is 12.3 Å². The van der Waals surface area contributed by atoms with Gasteiger partial charge in [-0.25, -0.2) is 0 Å². The Labute approximate surface area is 143 Å². The van der Waals surface area contributed by atoms with Gasteiger partial charge in [0, 0.05) is 23.2 Å². The minimum atomic E-state index is -0.504. The highest BCUT2D eigenvalue weighted by atomic mass is 32.1. The van der Waals surface area contributed by atoms with Crippen LogP contribution in [0.2, 0.25) is 0 Å². The van der Waals surface area contributed by atoms with Crippen molar-refractivity contribution in [2.45, 2.75) is 41.0 Å². The number of benzene rings is 1. The molecule has 0 saturated heterocycles. The van der Waals surface area contributed by atoms with E-state index in [1.807, 2.05) is 34.6 Å². The molecular formula is C17H25N3O2S. The molecule has 3 N–H and O–H groups in total. The lowest BCUT2D eigenvalue weighted by Crippen LogP contribution is -2.41. The number of thiocarbonyl (C=S) groups is 1. The third-order valence-corrected chi connectivity index (χ3v) is 3.13. The smallest absolute Gasteiger partial charge is 0.231 e. The molecule has 126 valence electrons. The van der Waals surface area contributed by atoms with Crippen molar-refractivity contribution >= 4 is 40.5 Å². The molecule has 0 bridgehead atoms. The first-order valence-electron chi connectivity index (χ1n) is 7.60. The molecule has 0 heterocycles. The largest absolute Gasteiger partial charge is 0.332 e. The molecule has 1 rings (SSSR count).